The maximum Gasteiger partial charge on any atom is 0.312 e. The number of carbonyl (C=O) groups is 3. The van der Waals surface area contributed by atoms with E-state index in [0.29, 0.717) is 19.4 Å². The van der Waals surface area contributed by atoms with E-state index in [1.807, 2.05) is 27.7 Å². The average Bonchev–Trinajstić information content (AvgIpc) is 3.38. The van der Waals surface area contributed by atoms with Crippen molar-refractivity contribution in [2.45, 2.75) is 81.6 Å². The van der Waals surface area contributed by atoms with Gasteiger partial charge in [0.2, 0.25) is 11.8 Å². The maximum absolute atomic E-state index is 14.1. The molecule has 3 unspecified atom stereocenters. The highest BCUT2D eigenvalue weighted by Crippen LogP contribution is 2.61. The van der Waals surface area contributed by atoms with Crippen LogP contribution in [0, 0.1) is 17.8 Å². The number of amides is 2. The Bertz CT molecular complexity index is 848. The topological polar surface area (TPSA) is 96.4 Å². The summed E-state index contributed by atoms with van der Waals surface area (Å²) in [6.07, 6.45) is 4.63. The van der Waals surface area contributed by atoms with Crippen molar-refractivity contribution in [3.05, 3.63) is 25.3 Å². The van der Waals surface area contributed by atoms with Crippen molar-refractivity contribution in [2.24, 2.45) is 17.8 Å². The predicted octanol–water partition coefficient (Wildman–Crippen LogP) is 2.68. The number of ether oxygens (including phenoxy) is 2. The molecule has 3 rings (SSSR count). The molecule has 196 valence electrons. The Morgan fingerprint density at radius 3 is 2.54 bits per heavy atom. The third-order valence-electron chi connectivity index (χ3n) is 7.58. The number of hydrogen-bond acceptors (Lipinski definition) is 6. The van der Waals surface area contributed by atoms with Crippen molar-refractivity contribution in [1.82, 2.24) is 9.80 Å². The summed E-state index contributed by atoms with van der Waals surface area (Å²) >= 11 is 3.66. The van der Waals surface area contributed by atoms with Crippen LogP contribution in [0.3, 0.4) is 0 Å². The van der Waals surface area contributed by atoms with Crippen LogP contribution in [0.4, 0.5) is 0 Å². The number of rotatable bonds is 12. The Kier molecular flexibility index (Phi) is 8.86. The van der Waals surface area contributed by atoms with Crippen molar-refractivity contribution >= 4 is 33.7 Å². The zero-order chi connectivity index (χ0) is 26.1. The second-order valence-electron chi connectivity index (χ2n) is 10.4. The van der Waals surface area contributed by atoms with Gasteiger partial charge < -0.3 is 24.4 Å². The second kappa shape index (κ2) is 11.1. The number of esters is 1. The van der Waals surface area contributed by atoms with Crippen LogP contribution in [0.2, 0.25) is 0 Å². The molecule has 8 nitrogen and oxygen atoms in total. The summed E-state index contributed by atoms with van der Waals surface area (Å²) in [4.78, 5) is 44.4. The number of aliphatic hydroxyl groups is 1. The summed E-state index contributed by atoms with van der Waals surface area (Å²) in [6, 6.07) is -1.68. The smallest absolute Gasteiger partial charge is 0.312 e. The van der Waals surface area contributed by atoms with E-state index < -0.39 is 41.6 Å². The molecular formula is C26H39BrN2O6. The number of carbonyl (C=O) groups excluding carboxylic acids is 3. The molecule has 0 radical (unpaired) electrons. The summed E-state index contributed by atoms with van der Waals surface area (Å²) in [5.74, 6) is -2.82. The zero-order valence-electron chi connectivity index (χ0n) is 21.2. The normalized spacial score (nSPS) is 32.2. The summed E-state index contributed by atoms with van der Waals surface area (Å²) in [5, 5.41) is 10.3. The number of unbranched alkanes of at least 4 members (excludes halogenated alkanes) is 1. The molecule has 3 heterocycles. The average molecular weight is 556 g/mol. The molecule has 3 saturated heterocycles. The second-order valence-corrected chi connectivity index (χ2v) is 11.6. The zero-order valence-corrected chi connectivity index (χ0v) is 22.8. The van der Waals surface area contributed by atoms with Gasteiger partial charge in [-0.25, -0.2) is 0 Å². The minimum absolute atomic E-state index is 0.109. The quantitative estimate of drug-likeness (QED) is 0.172. The van der Waals surface area contributed by atoms with Gasteiger partial charge in [-0.05, 0) is 39.0 Å². The fraction of sp³-hybridized carbons (Fsp3) is 0.731. The molecule has 9 heteroatoms. The standard InChI is InChI=1S/C26H39BrN2O6/c1-7-9-10-12-34-25(33)19-20-23(31)29(18(14-30)15(3)4)22(24(32)28(11-8-2)16(5)6)26(20)13-17(27)21(19)35-26/h7-8,15-22,30H,1-2,9-14H2,3-6H3/t17?,18-,19+,20-,21+,22?,26?/m0/s1. The molecule has 0 saturated carbocycles. The molecule has 0 aliphatic carbocycles. The Morgan fingerprint density at radius 2 is 2.00 bits per heavy atom. The number of halogens is 1. The molecular weight excluding hydrogens is 516 g/mol. The van der Waals surface area contributed by atoms with Gasteiger partial charge in [-0.2, -0.15) is 0 Å². The van der Waals surface area contributed by atoms with Crippen molar-refractivity contribution in [2.75, 3.05) is 19.8 Å². The first-order chi connectivity index (χ1) is 16.6. The van der Waals surface area contributed by atoms with Crippen molar-refractivity contribution in [3.63, 3.8) is 0 Å². The first-order valence-electron chi connectivity index (χ1n) is 12.5. The van der Waals surface area contributed by atoms with Gasteiger partial charge >= 0.3 is 5.97 Å². The number of aliphatic hydroxyl groups excluding tert-OH is 1. The SMILES string of the molecule is C=CCCCOC(=O)[C@H]1[C@@H]2OC3(CC2Br)C(C(=O)N(CC=C)C(C)C)N([C@@H](CO)C(C)C)C(=O)[C@H]13. The number of allylic oxidation sites excluding steroid dienone is 1. The Balaban J connectivity index is 2.06. The molecule has 0 aromatic rings. The molecule has 3 aliphatic heterocycles. The van der Waals surface area contributed by atoms with Crippen molar-refractivity contribution in [3.8, 4) is 0 Å². The molecule has 3 fully saturated rings. The highest BCUT2D eigenvalue weighted by atomic mass is 79.9. The predicted molar refractivity (Wildman–Crippen MR) is 136 cm³/mol. The van der Waals surface area contributed by atoms with Crippen LogP contribution in [-0.4, -0.2) is 87.1 Å². The van der Waals surface area contributed by atoms with Gasteiger partial charge in [0.15, 0.2) is 0 Å². The van der Waals surface area contributed by atoms with Crippen LogP contribution in [0.1, 0.15) is 47.0 Å². The Labute approximate surface area is 216 Å². The maximum atomic E-state index is 14.1. The van der Waals surface area contributed by atoms with Gasteiger partial charge in [0.25, 0.3) is 0 Å². The monoisotopic (exact) mass is 554 g/mol. The first kappa shape index (κ1) is 27.9. The van der Waals surface area contributed by atoms with Gasteiger partial charge in [-0.1, -0.05) is 41.9 Å². The molecule has 7 atom stereocenters. The molecule has 1 N–H and O–H groups in total. The number of hydrogen-bond donors (Lipinski definition) is 1. The van der Waals surface area contributed by atoms with Gasteiger partial charge in [-0.15, -0.1) is 13.2 Å². The molecule has 0 aromatic carbocycles. The van der Waals surface area contributed by atoms with Crippen molar-refractivity contribution in [1.29, 1.82) is 0 Å². The Hall–Kier alpha value is -1.71. The van der Waals surface area contributed by atoms with E-state index in [2.05, 4.69) is 29.1 Å². The minimum atomic E-state index is -1.17. The van der Waals surface area contributed by atoms with Crippen LogP contribution in [0.15, 0.2) is 25.3 Å². The van der Waals surface area contributed by atoms with E-state index in [4.69, 9.17) is 9.47 Å². The summed E-state index contributed by atoms with van der Waals surface area (Å²) in [6.45, 7) is 15.3. The van der Waals surface area contributed by atoms with Crippen LogP contribution >= 0.6 is 15.9 Å². The third-order valence-corrected chi connectivity index (χ3v) is 8.42. The van der Waals surface area contributed by atoms with E-state index in [-0.39, 0.29) is 41.8 Å². The lowest BCUT2D eigenvalue weighted by Gasteiger charge is -2.41. The van der Waals surface area contributed by atoms with E-state index in [9.17, 15) is 19.5 Å². The van der Waals surface area contributed by atoms with Crippen LogP contribution < -0.4 is 0 Å². The minimum Gasteiger partial charge on any atom is -0.465 e. The number of nitrogens with zero attached hydrogens (tertiary/aromatic N) is 2. The van der Waals surface area contributed by atoms with Gasteiger partial charge in [-0.3, -0.25) is 14.4 Å². The summed E-state index contributed by atoms with van der Waals surface area (Å²) in [7, 11) is 0. The highest BCUT2D eigenvalue weighted by molar-refractivity contribution is 9.09. The number of likely N-dealkylation sites (tertiary alicyclic amines) is 1. The third kappa shape index (κ3) is 4.71. The van der Waals surface area contributed by atoms with E-state index in [0.717, 1.165) is 6.42 Å². The van der Waals surface area contributed by atoms with E-state index >= 15 is 0 Å². The lowest BCUT2D eigenvalue weighted by Crippen LogP contribution is -2.60. The summed E-state index contributed by atoms with van der Waals surface area (Å²) < 4.78 is 12.0. The lowest BCUT2D eigenvalue weighted by molar-refractivity contribution is -0.157. The molecule has 2 amide bonds. The number of alkyl halides is 1. The Morgan fingerprint density at radius 1 is 1.31 bits per heavy atom. The van der Waals surface area contributed by atoms with Crippen LogP contribution in [0.5, 0.6) is 0 Å². The largest absolute Gasteiger partial charge is 0.465 e. The van der Waals surface area contributed by atoms with E-state index in [1.54, 1.807) is 17.1 Å². The van der Waals surface area contributed by atoms with Gasteiger partial charge in [0.1, 0.15) is 11.6 Å². The van der Waals surface area contributed by atoms with Crippen LogP contribution in [-0.2, 0) is 23.9 Å². The molecule has 3 aliphatic rings. The highest BCUT2D eigenvalue weighted by Gasteiger charge is 2.77. The summed E-state index contributed by atoms with van der Waals surface area (Å²) in [5.41, 5.74) is -1.17. The lowest BCUT2D eigenvalue weighted by atomic mass is 9.70. The van der Waals surface area contributed by atoms with Gasteiger partial charge in [0.05, 0.1) is 37.2 Å². The number of fused-ring (bicyclic) bond motifs is 1. The molecule has 35 heavy (non-hydrogen) atoms. The fourth-order valence-electron chi connectivity index (χ4n) is 5.94. The van der Waals surface area contributed by atoms with Gasteiger partial charge in [0, 0.05) is 17.4 Å². The van der Waals surface area contributed by atoms with Crippen LogP contribution in [0.25, 0.3) is 0 Å². The molecule has 1 spiro atoms. The first-order valence-corrected chi connectivity index (χ1v) is 13.4. The van der Waals surface area contributed by atoms with E-state index in [1.165, 1.54) is 4.90 Å². The fourth-order valence-corrected chi connectivity index (χ4v) is 6.88. The van der Waals surface area contributed by atoms with Crippen molar-refractivity contribution < 1.29 is 29.0 Å². The molecule has 0 aromatic heterocycles. The molecule has 2 bridgehead atoms.